The quantitative estimate of drug-likeness (QED) is 0.912. The molecule has 0 amide bonds. The smallest absolute Gasteiger partial charge is 0.198 e. The Labute approximate surface area is 136 Å². The minimum atomic E-state index is -3.52. The first-order chi connectivity index (χ1) is 10.4. The molecule has 0 bridgehead atoms. The van der Waals surface area contributed by atoms with E-state index in [-0.39, 0.29) is 0 Å². The van der Waals surface area contributed by atoms with Crippen molar-refractivity contribution >= 4 is 21.4 Å². The fourth-order valence-electron chi connectivity index (χ4n) is 2.93. The first kappa shape index (κ1) is 15.5. The van der Waals surface area contributed by atoms with Gasteiger partial charge in [0.25, 0.3) is 0 Å². The summed E-state index contributed by atoms with van der Waals surface area (Å²) < 4.78 is 26.3. The number of hydrogen-bond acceptors (Lipinski definition) is 3. The van der Waals surface area contributed by atoms with Crippen LogP contribution in [0.4, 0.5) is 0 Å². The SMILES string of the molecule is Cc1cc(S(=O)(=O)C2NCCc3ccccc32)c(C)cc1Cl. The van der Waals surface area contributed by atoms with Gasteiger partial charge in [-0.1, -0.05) is 35.9 Å². The molecule has 1 aliphatic rings. The minimum Gasteiger partial charge on any atom is -0.297 e. The lowest BCUT2D eigenvalue weighted by atomic mass is 10.0. The Balaban J connectivity index is 2.14. The van der Waals surface area contributed by atoms with Crippen molar-refractivity contribution in [3.8, 4) is 0 Å². The zero-order valence-electron chi connectivity index (χ0n) is 12.6. The lowest BCUT2D eigenvalue weighted by Crippen LogP contribution is -2.35. The van der Waals surface area contributed by atoms with E-state index in [1.54, 1.807) is 19.1 Å². The van der Waals surface area contributed by atoms with Crippen molar-refractivity contribution in [1.29, 1.82) is 0 Å². The molecule has 0 spiro atoms. The Morgan fingerprint density at radius 3 is 2.64 bits per heavy atom. The maximum Gasteiger partial charge on any atom is 0.198 e. The second-order valence-electron chi connectivity index (χ2n) is 5.69. The Hall–Kier alpha value is -1.36. The molecule has 1 N–H and O–H groups in total. The third-order valence-electron chi connectivity index (χ3n) is 4.13. The van der Waals surface area contributed by atoms with Crippen LogP contribution in [0.1, 0.15) is 27.6 Å². The van der Waals surface area contributed by atoms with E-state index in [2.05, 4.69) is 5.32 Å². The standard InChI is InChI=1S/C17H18ClNO2S/c1-11-10-16(12(2)9-15(11)18)22(20,21)17-14-6-4-3-5-13(14)7-8-19-17/h3-6,9-10,17,19H,7-8H2,1-2H3. The van der Waals surface area contributed by atoms with E-state index in [0.717, 1.165) is 23.1 Å². The zero-order chi connectivity index (χ0) is 15.9. The third kappa shape index (κ3) is 2.56. The summed E-state index contributed by atoms with van der Waals surface area (Å²) in [7, 11) is -3.52. The van der Waals surface area contributed by atoms with E-state index in [4.69, 9.17) is 11.6 Å². The zero-order valence-corrected chi connectivity index (χ0v) is 14.1. The molecule has 1 heterocycles. The van der Waals surface area contributed by atoms with Gasteiger partial charge < -0.3 is 0 Å². The Kier molecular flexibility index (Phi) is 4.02. The van der Waals surface area contributed by atoms with Crippen molar-refractivity contribution in [1.82, 2.24) is 5.32 Å². The number of nitrogens with one attached hydrogen (secondary N) is 1. The molecule has 5 heteroatoms. The number of benzene rings is 2. The summed E-state index contributed by atoms with van der Waals surface area (Å²) in [4.78, 5) is 0.351. The number of hydrogen-bond donors (Lipinski definition) is 1. The molecule has 2 aromatic rings. The number of halogens is 1. The van der Waals surface area contributed by atoms with E-state index < -0.39 is 15.2 Å². The Morgan fingerprint density at radius 1 is 1.14 bits per heavy atom. The van der Waals surface area contributed by atoms with Crippen LogP contribution >= 0.6 is 11.6 Å². The normalized spacial score (nSPS) is 18.0. The van der Waals surface area contributed by atoms with Gasteiger partial charge in [0.15, 0.2) is 9.84 Å². The van der Waals surface area contributed by atoms with Crippen LogP contribution in [-0.4, -0.2) is 15.0 Å². The highest BCUT2D eigenvalue weighted by Gasteiger charge is 2.33. The molecule has 1 unspecified atom stereocenters. The van der Waals surface area contributed by atoms with Crippen molar-refractivity contribution in [3.05, 3.63) is 63.7 Å². The lowest BCUT2D eigenvalue weighted by Gasteiger charge is -2.27. The van der Waals surface area contributed by atoms with Gasteiger partial charge in [-0.2, -0.15) is 0 Å². The molecule has 22 heavy (non-hydrogen) atoms. The van der Waals surface area contributed by atoms with E-state index in [9.17, 15) is 8.42 Å². The highest BCUT2D eigenvalue weighted by atomic mass is 35.5. The molecule has 2 aromatic carbocycles. The van der Waals surface area contributed by atoms with Crippen LogP contribution in [0.25, 0.3) is 0 Å². The predicted octanol–water partition coefficient (Wildman–Crippen LogP) is 3.58. The highest BCUT2D eigenvalue weighted by molar-refractivity contribution is 7.91. The molecule has 0 saturated heterocycles. The molecule has 0 saturated carbocycles. The van der Waals surface area contributed by atoms with Crippen LogP contribution in [0.15, 0.2) is 41.3 Å². The van der Waals surface area contributed by atoms with Crippen molar-refractivity contribution in [3.63, 3.8) is 0 Å². The number of aryl methyl sites for hydroxylation is 2. The van der Waals surface area contributed by atoms with Crippen LogP contribution in [0.3, 0.4) is 0 Å². The summed E-state index contributed by atoms with van der Waals surface area (Å²) in [6.07, 6.45) is 0.848. The van der Waals surface area contributed by atoms with Gasteiger partial charge in [-0.15, -0.1) is 0 Å². The maximum atomic E-state index is 13.1. The minimum absolute atomic E-state index is 0.351. The number of fused-ring (bicyclic) bond motifs is 1. The molecule has 0 radical (unpaired) electrons. The van der Waals surface area contributed by atoms with Gasteiger partial charge in [0.1, 0.15) is 5.37 Å². The van der Waals surface area contributed by atoms with Gasteiger partial charge in [-0.25, -0.2) is 8.42 Å². The van der Waals surface area contributed by atoms with E-state index in [1.165, 1.54) is 0 Å². The summed E-state index contributed by atoms with van der Waals surface area (Å²) in [5.74, 6) is 0. The lowest BCUT2D eigenvalue weighted by molar-refractivity contribution is 0.541. The summed E-state index contributed by atoms with van der Waals surface area (Å²) >= 11 is 6.09. The van der Waals surface area contributed by atoms with E-state index >= 15 is 0 Å². The number of rotatable bonds is 2. The summed E-state index contributed by atoms with van der Waals surface area (Å²) in [6, 6.07) is 11.1. The molecule has 3 rings (SSSR count). The largest absolute Gasteiger partial charge is 0.297 e. The van der Waals surface area contributed by atoms with Crippen molar-refractivity contribution < 1.29 is 8.42 Å². The van der Waals surface area contributed by atoms with Gasteiger partial charge in [-0.3, -0.25) is 5.32 Å². The Bertz CT molecular complexity index is 831. The van der Waals surface area contributed by atoms with E-state index in [1.807, 2.05) is 31.2 Å². The van der Waals surface area contributed by atoms with Crippen molar-refractivity contribution in [2.45, 2.75) is 30.5 Å². The van der Waals surface area contributed by atoms with Gasteiger partial charge in [-0.05, 0) is 54.7 Å². The van der Waals surface area contributed by atoms with E-state index in [0.29, 0.717) is 22.0 Å². The van der Waals surface area contributed by atoms with Crippen LogP contribution in [0, 0.1) is 13.8 Å². The summed E-state index contributed by atoms with van der Waals surface area (Å²) in [5.41, 5.74) is 3.40. The molecule has 1 aliphatic heterocycles. The number of sulfone groups is 1. The highest BCUT2D eigenvalue weighted by Crippen LogP contribution is 2.34. The molecule has 0 aliphatic carbocycles. The first-order valence-electron chi connectivity index (χ1n) is 7.23. The molecule has 1 atom stereocenters. The monoisotopic (exact) mass is 335 g/mol. The van der Waals surface area contributed by atoms with Gasteiger partial charge in [0.05, 0.1) is 4.90 Å². The molecule has 3 nitrogen and oxygen atoms in total. The van der Waals surface area contributed by atoms with Gasteiger partial charge >= 0.3 is 0 Å². The van der Waals surface area contributed by atoms with Crippen LogP contribution in [0.2, 0.25) is 5.02 Å². The molecule has 0 aromatic heterocycles. The fraction of sp³-hybridized carbons (Fsp3) is 0.294. The second-order valence-corrected chi connectivity index (χ2v) is 8.10. The topological polar surface area (TPSA) is 46.2 Å². The molecular formula is C17H18ClNO2S. The van der Waals surface area contributed by atoms with Crippen LogP contribution < -0.4 is 5.32 Å². The van der Waals surface area contributed by atoms with Gasteiger partial charge in [0, 0.05) is 11.6 Å². The van der Waals surface area contributed by atoms with Crippen molar-refractivity contribution in [2.75, 3.05) is 6.54 Å². The Morgan fingerprint density at radius 2 is 1.86 bits per heavy atom. The first-order valence-corrected chi connectivity index (χ1v) is 9.15. The summed E-state index contributed by atoms with van der Waals surface area (Å²) in [6.45, 7) is 4.27. The molecule has 0 fully saturated rings. The average molecular weight is 336 g/mol. The predicted molar refractivity (Wildman–Crippen MR) is 89.0 cm³/mol. The summed E-state index contributed by atoms with van der Waals surface area (Å²) in [5, 5.41) is 3.05. The second kappa shape index (κ2) is 5.69. The van der Waals surface area contributed by atoms with Gasteiger partial charge in [0.2, 0.25) is 0 Å². The molecule has 116 valence electrons. The maximum absolute atomic E-state index is 13.1. The molecular weight excluding hydrogens is 318 g/mol. The third-order valence-corrected chi connectivity index (χ3v) is 6.64. The van der Waals surface area contributed by atoms with Crippen LogP contribution in [-0.2, 0) is 16.3 Å². The van der Waals surface area contributed by atoms with Crippen LogP contribution in [0.5, 0.6) is 0 Å². The fourth-order valence-corrected chi connectivity index (χ4v) is 5.15. The average Bonchev–Trinajstić information content (AvgIpc) is 2.50. The van der Waals surface area contributed by atoms with Crippen molar-refractivity contribution in [2.24, 2.45) is 0 Å².